The first-order chi connectivity index (χ1) is 9.26. The number of aliphatic carboxylic acids is 1. The molecule has 20 heavy (non-hydrogen) atoms. The highest BCUT2D eigenvalue weighted by molar-refractivity contribution is 7.91. The maximum Gasteiger partial charge on any atom is 0.326 e. The zero-order valence-corrected chi connectivity index (χ0v) is 12.8. The molecule has 0 aliphatic rings. The summed E-state index contributed by atoms with van der Waals surface area (Å²) in [6.07, 6.45) is 0.504. The molecule has 0 bridgehead atoms. The molecular weight excluding hydrogens is 278 g/mol. The lowest BCUT2D eigenvalue weighted by atomic mass is 10.0. The van der Waals surface area contributed by atoms with Gasteiger partial charge in [0, 0.05) is 5.69 Å². The van der Waals surface area contributed by atoms with Gasteiger partial charge in [0.1, 0.15) is 6.04 Å². The molecule has 0 saturated carbocycles. The van der Waals surface area contributed by atoms with E-state index < -0.39 is 21.8 Å². The van der Waals surface area contributed by atoms with Gasteiger partial charge in [0.25, 0.3) is 0 Å². The quantitative estimate of drug-likeness (QED) is 0.807. The van der Waals surface area contributed by atoms with E-state index in [9.17, 15) is 13.2 Å². The van der Waals surface area contributed by atoms with Crippen LogP contribution < -0.4 is 5.32 Å². The van der Waals surface area contributed by atoms with Gasteiger partial charge in [0.2, 0.25) is 0 Å². The highest BCUT2D eigenvalue weighted by Gasteiger charge is 2.19. The van der Waals surface area contributed by atoms with Crippen molar-refractivity contribution in [3.05, 3.63) is 24.3 Å². The Morgan fingerprint density at radius 2 is 1.80 bits per heavy atom. The zero-order chi connectivity index (χ0) is 15.3. The maximum atomic E-state index is 11.7. The minimum absolute atomic E-state index is 0.0465. The molecule has 1 aromatic carbocycles. The first-order valence-corrected chi connectivity index (χ1v) is 8.23. The fraction of sp³-hybridized carbons (Fsp3) is 0.500. The number of benzene rings is 1. The van der Waals surface area contributed by atoms with Crippen LogP contribution in [-0.4, -0.2) is 31.3 Å². The van der Waals surface area contributed by atoms with Crippen LogP contribution in [0.1, 0.15) is 27.2 Å². The van der Waals surface area contributed by atoms with Crippen molar-refractivity contribution in [2.24, 2.45) is 5.92 Å². The first kappa shape index (κ1) is 16.5. The molecule has 1 rings (SSSR count). The predicted octanol–water partition coefficient (Wildman–Crippen LogP) is 2.39. The summed E-state index contributed by atoms with van der Waals surface area (Å²) < 4.78 is 23.3. The molecule has 0 amide bonds. The first-order valence-electron chi connectivity index (χ1n) is 6.58. The molecule has 2 N–H and O–H groups in total. The summed E-state index contributed by atoms with van der Waals surface area (Å²) >= 11 is 0. The van der Waals surface area contributed by atoms with Gasteiger partial charge < -0.3 is 10.4 Å². The fourth-order valence-electron chi connectivity index (χ4n) is 1.82. The number of carboxylic acids is 1. The van der Waals surface area contributed by atoms with Crippen LogP contribution in [0.5, 0.6) is 0 Å². The summed E-state index contributed by atoms with van der Waals surface area (Å²) in [7, 11) is -3.22. The van der Waals surface area contributed by atoms with E-state index in [-0.39, 0.29) is 16.6 Å². The van der Waals surface area contributed by atoms with Gasteiger partial charge in [-0.1, -0.05) is 20.8 Å². The second-order valence-corrected chi connectivity index (χ2v) is 7.37. The lowest BCUT2D eigenvalue weighted by Gasteiger charge is -2.17. The zero-order valence-electron chi connectivity index (χ0n) is 12.0. The van der Waals surface area contributed by atoms with Crippen LogP contribution in [0, 0.1) is 5.92 Å². The molecule has 0 aliphatic heterocycles. The van der Waals surface area contributed by atoms with Crippen LogP contribution in [0.3, 0.4) is 0 Å². The molecule has 0 saturated heterocycles. The highest BCUT2D eigenvalue weighted by atomic mass is 32.2. The van der Waals surface area contributed by atoms with Crippen molar-refractivity contribution in [3.63, 3.8) is 0 Å². The van der Waals surface area contributed by atoms with Crippen molar-refractivity contribution in [2.75, 3.05) is 11.1 Å². The maximum absolute atomic E-state index is 11.7. The topological polar surface area (TPSA) is 83.5 Å². The fourth-order valence-corrected chi connectivity index (χ4v) is 2.70. The van der Waals surface area contributed by atoms with Crippen molar-refractivity contribution in [3.8, 4) is 0 Å². The standard InChI is InChI=1S/C14H21NO4S/c1-4-20(18,19)12-7-5-11(6-8-12)15-13(14(16)17)9-10(2)3/h5-8,10,13,15H,4,9H2,1-3H3,(H,16,17)/t13-/m0/s1. The molecule has 112 valence electrons. The third-order valence-electron chi connectivity index (χ3n) is 2.94. The van der Waals surface area contributed by atoms with Crippen molar-refractivity contribution in [1.29, 1.82) is 0 Å². The van der Waals surface area contributed by atoms with Crippen LogP contribution in [0.25, 0.3) is 0 Å². The third kappa shape index (κ3) is 4.52. The van der Waals surface area contributed by atoms with E-state index in [0.717, 1.165) is 0 Å². The lowest BCUT2D eigenvalue weighted by molar-refractivity contribution is -0.138. The number of hydrogen-bond acceptors (Lipinski definition) is 4. The Labute approximate surface area is 119 Å². The van der Waals surface area contributed by atoms with Crippen LogP contribution in [0.2, 0.25) is 0 Å². The monoisotopic (exact) mass is 299 g/mol. The summed E-state index contributed by atoms with van der Waals surface area (Å²) in [6, 6.07) is 5.51. The van der Waals surface area contributed by atoms with Crippen molar-refractivity contribution >= 4 is 21.5 Å². The average molecular weight is 299 g/mol. The van der Waals surface area contributed by atoms with Crippen molar-refractivity contribution in [1.82, 2.24) is 0 Å². The van der Waals surface area contributed by atoms with E-state index in [1.165, 1.54) is 12.1 Å². The Balaban J connectivity index is 2.86. The number of hydrogen-bond donors (Lipinski definition) is 2. The molecule has 0 aromatic heterocycles. The second kappa shape index (κ2) is 6.74. The SMILES string of the molecule is CCS(=O)(=O)c1ccc(N[C@@H](CC(C)C)C(=O)O)cc1. The van der Waals surface area contributed by atoms with E-state index in [1.54, 1.807) is 19.1 Å². The second-order valence-electron chi connectivity index (χ2n) is 5.09. The average Bonchev–Trinajstić information content (AvgIpc) is 2.38. The molecule has 0 heterocycles. The third-order valence-corrected chi connectivity index (χ3v) is 4.69. The predicted molar refractivity (Wildman–Crippen MR) is 78.7 cm³/mol. The molecule has 5 nitrogen and oxygen atoms in total. The van der Waals surface area contributed by atoms with E-state index in [0.29, 0.717) is 12.1 Å². The van der Waals surface area contributed by atoms with Crippen LogP contribution in [0.15, 0.2) is 29.2 Å². The number of nitrogens with one attached hydrogen (secondary N) is 1. The van der Waals surface area contributed by atoms with Crippen molar-refractivity contribution < 1.29 is 18.3 Å². The van der Waals surface area contributed by atoms with Crippen LogP contribution >= 0.6 is 0 Å². The van der Waals surface area contributed by atoms with Gasteiger partial charge in [-0.05, 0) is 36.6 Å². The van der Waals surface area contributed by atoms with Crippen LogP contribution in [-0.2, 0) is 14.6 Å². The van der Waals surface area contributed by atoms with Crippen LogP contribution in [0.4, 0.5) is 5.69 Å². The molecule has 6 heteroatoms. The molecule has 1 aromatic rings. The number of carboxylic acid groups (broad SMARTS) is 1. The highest BCUT2D eigenvalue weighted by Crippen LogP contribution is 2.17. The Bertz CT molecular complexity index is 549. The Kier molecular flexibility index (Phi) is 5.56. The minimum atomic E-state index is -3.22. The number of sulfone groups is 1. The van der Waals surface area contributed by atoms with Gasteiger partial charge in [-0.15, -0.1) is 0 Å². The normalized spacial score (nSPS) is 13.2. The molecule has 0 spiro atoms. The van der Waals surface area contributed by atoms with Gasteiger partial charge in [0.15, 0.2) is 9.84 Å². The summed E-state index contributed by atoms with van der Waals surface area (Å²) in [5.74, 6) is -0.613. The molecule has 0 aliphatic carbocycles. The minimum Gasteiger partial charge on any atom is -0.480 e. The van der Waals surface area contributed by atoms with Gasteiger partial charge in [0.05, 0.1) is 10.6 Å². The Morgan fingerprint density at radius 3 is 2.20 bits per heavy atom. The Hall–Kier alpha value is -1.56. The summed E-state index contributed by atoms with van der Waals surface area (Å²) in [5, 5.41) is 12.1. The Morgan fingerprint density at radius 1 is 1.25 bits per heavy atom. The number of rotatable bonds is 7. The van der Waals surface area contributed by atoms with Gasteiger partial charge >= 0.3 is 5.97 Å². The number of carbonyl (C=O) groups is 1. The van der Waals surface area contributed by atoms with E-state index in [1.807, 2.05) is 13.8 Å². The molecule has 0 unspecified atom stereocenters. The molecular formula is C14H21NO4S. The van der Waals surface area contributed by atoms with E-state index >= 15 is 0 Å². The van der Waals surface area contributed by atoms with Gasteiger partial charge in [-0.25, -0.2) is 13.2 Å². The van der Waals surface area contributed by atoms with Gasteiger partial charge in [-0.3, -0.25) is 0 Å². The molecule has 1 atom stereocenters. The largest absolute Gasteiger partial charge is 0.480 e. The van der Waals surface area contributed by atoms with Crippen molar-refractivity contribution in [2.45, 2.75) is 38.1 Å². The van der Waals surface area contributed by atoms with E-state index in [2.05, 4.69) is 5.32 Å². The smallest absolute Gasteiger partial charge is 0.326 e. The summed E-state index contributed by atoms with van der Waals surface area (Å²) in [6.45, 7) is 5.49. The lowest BCUT2D eigenvalue weighted by Crippen LogP contribution is -2.30. The van der Waals surface area contributed by atoms with E-state index in [4.69, 9.17) is 5.11 Å². The summed E-state index contributed by atoms with van der Waals surface area (Å²) in [5.41, 5.74) is 0.605. The molecule has 0 radical (unpaired) electrons. The number of anilines is 1. The van der Waals surface area contributed by atoms with Gasteiger partial charge in [-0.2, -0.15) is 0 Å². The molecule has 0 fully saturated rings. The summed E-state index contributed by atoms with van der Waals surface area (Å²) in [4.78, 5) is 11.4.